The Hall–Kier alpha value is -2.82. The molecule has 0 fully saturated rings. The second-order valence-electron chi connectivity index (χ2n) is 7.18. The average molecular weight is 367 g/mol. The van der Waals surface area contributed by atoms with Crippen molar-refractivity contribution >= 4 is 11.7 Å². The van der Waals surface area contributed by atoms with Crippen LogP contribution in [0.15, 0.2) is 36.4 Å². The molecule has 1 unspecified atom stereocenters. The number of amides is 1. The van der Waals surface area contributed by atoms with Gasteiger partial charge in [0, 0.05) is 24.4 Å². The largest absolute Gasteiger partial charge is 0.504 e. The second-order valence-corrected chi connectivity index (χ2v) is 7.18. The molecule has 0 bridgehead atoms. The molecule has 1 heterocycles. The normalized spacial score (nSPS) is 14.7. The number of hydrogen-bond donors (Lipinski definition) is 1. The smallest absolute Gasteiger partial charge is 0.223 e. The Labute approximate surface area is 159 Å². The van der Waals surface area contributed by atoms with Gasteiger partial charge in [-0.3, -0.25) is 9.59 Å². The van der Waals surface area contributed by atoms with Gasteiger partial charge in [0.1, 0.15) is 12.4 Å². The van der Waals surface area contributed by atoms with Gasteiger partial charge < -0.3 is 14.7 Å². The number of hydrogen-bond acceptors (Lipinski definition) is 4. The van der Waals surface area contributed by atoms with Crippen molar-refractivity contribution in [3.8, 4) is 22.6 Å². The third-order valence-corrected chi connectivity index (χ3v) is 5.10. The molecule has 27 heavy (non-hydrogen) atoms. The first-order chi connectivity index (χ1) is 12.9. The van der Waals surface area contributed by atoms with E-state index in [0.717, 1.165) is 22.3 Å². The van der Waals surface area contributed by atoms with Crippen LogP contribution in [0.25, 0.3) is 11.1 Å². The standard InChI is InChI=1S/C22H25NO4/c1-14-6-4-5-7-19(14)17-11-18-13-23(21(26)10-15(2)16(3)24)8-9-27-22(18)20(25)12-17/h4-7,11-12,15,25H,8-10,13H2,1-3H3. The maximum Gasteiger partial charge on any atom is 0.223 e. The summed E-state index contributed by atoms with van der Waals surface area (Å²) in [5, 5.41) is 10.5. The van der Waals surface area contributed by atoms with Crippen molar-refractivity contribution < 1.29 is 19.4 Å². The van der Waals surface area contributed by atoms with E-state index in [1.807, 2.05) is 37.3 Å². The van der Waals surface area contributed by atoms with Crippen LogP contribution in [0.2, 0.25) is 0 Å². The zero-order chi connectivity index (χ0) is 19.6. The van der Waals surface area contributed by atoms with Crippen molar-refractivity contribution in [3.63, 3.8) is 0 Å². The maximum atomic E-state index is 12.6. The number of aromatic hydroxyl groups is 1. The van der Waals surface area contributed by atoms with Crippen LogP contribution in [0.5, 0.6) is 11.5 Å². The Morgan fingerprint density at radius 2 is 2.00 bits per heavy atom. The lowest BCUT2D eigenvalue weighted by Crippen LogP contribution is -2.34. The van der Waals surface area contributed by atoms with Gasteiger partial charge in [-0.15, -0.1) is 0 Å². The lowest BCUT2D eigenvalue weighted by molar-refractivity contribution is -0.135. The first-order valence-corrected chi connectivity index (χ1v) is 9.19. The highest BCUT2D eigenvalue weighted by atomic mass is 16.5. The van der Waals surface area contributed by atoms with Gasteiger partial charge in [-0.05, 0) is 42.7 Å². The summed E-state index contributed by atoms with van der Waals surface area (Å²) in [5.74, 6) is 0.150. The van der Waals surface area contributed by atoms with Gasteiger partial charge in [0.15, 0.2) is 11.5 Å². The lowest BCUT2D eigenvalue weighted by atomic mass is 9.97. The Balaban J connectivity index is 1.91. The molecule has 0 saturated carbocycles. The van der Waals surface area contributed by atoms with E-state index in [2.05, 4.69) is 0 Å². The number of Topliss-reactive ketones (excluding diaryl/α,β-unsaturated/α-hetero) is 1. The Morgan fingerprint density at radius 1 is 1.26 bits per heavy atom. The molecule has 2 aromatic rings. The number of carbonyl (C=O) groups excluding carboxylic acids is 2. The van der Waals surface area contributed by atoms with Crippen LogP contribution in [-0.2, 0) is 16.1 Å². The molecule has 1 aliphatic heterocycles. The first kappa shape index (κ1) is 19.0. The van der Waals surface area contributed by atoms with Gasteiger partial charge >= 0.3 is 0 Å². The zero-order valence-corrected chi connectivity index (χ0v) is 16.0. The van der Waals surface area contributed by atoms with Crippen molar-refractivity contribution in [1.82, 2.24) is 4.90 Å². The van der Waals surface area contributed by atoms with Crippen molar-refractivity contribution in [2.75, 3.05) is 13.2 Å². The van der Waals surface area contributed by atoms with Gasteiger partial charge in [-0.2, -0.15) is 0 Å². The lowest BCUT2D eigenvalue weighted by Gasteiger charge is -2.21. The number of phenolic OH excluding ortho intramolecular Hbond substituents is 1. The molecule has 5 nitrogen and oxygen atoms in total. The number of fused-ring (bicyclic) bond motifs is 1. The molecule has 3 rings (SSSR count). The molecule has 0 spiro atoms. The Kier molecular flexibility index (Phi) is 5.49. The summed E-state index contributed by atoms with van der Waals surface area (Å²) in [6.07, 6.45) is 0.189. The van der Waals surface area contributed by atoms with Crippen LogP contribution < -0.4 is 4.74 Å². The van der Waals surface area contributed by atoms with Crippen molar-refractivity contribution in [2.24, 2.45) is 5.92 Å². The van der Waals surface area contributed by atoms with Crippen LogP contribution in [0.3, 0.4) is 0 Å². The summed E-state index contributed by atoms with van der Waals surface area (Å²) < 4.78 is 5.72. The SMILES string of the molecule is CC(=O)C(C)CC(=O)N1CCOc2c(O)cc(-c3ccccc3C)cc2C1. The van der Waals surface area contributed by atoms with Gasteiger partial charge in [-0.1, -0.05) is 31.2 Å². The molecular weight excluding hydrogens is 342 g/mol. The van der Waals surface area contributed by atoms with Crippen molar-refractivity contribution in [1.29, 1.82) is 0 Å². The summed E-state index contributed by atoms with van der Waals surface area (Å²) in [4.78, 5) is 25.8. The van der Waals surface area contributed by atoms with Crippen LogP contribution >= 0.6 is 0 Å². The van der Waals surface area contributed by atoms with E-state index in [1.54, 1.807) is 17.9 Å². The quantitative estimate of drug-likeness (QED) is 0.895. The van der Waals surface area contributed by atoms with Crippen LogP contribution in [0.4, 0.5) is 0 Å². The third kappa shape index (κ3) is 4.13. The summed E-state index contributed by atoms with van der Waals surface area (Å²) in [7, 11) is 0. The second kappa shape index (κ2) is 7.82. The fraction of sp³-hybridized carbons (Fsp3) is 0.364. The van der Waals surface area contributed by atoms with E-state index >= 15 is 0 Å². The van der Waals surface area contributed by atoms with Gasteiger partial charge in [-0.25, -0.2) is 0 Å². The van der Waals surface area contributed by atoms with Gasteiger partial charge in [0.25, 0.3) is 0 Å². The number of ether oxygens (including phenoxy) is 1. The highest BCUT2D eigenvalue weighted by Crippen LogP contribution is 2.38. The summed E-state index contributed by atoms with van der Waals surface area (Å²) in [6.45, 7) is 6.39. The first-order valence-electron chi connectivity index (χ1n) is 9.19. The van der Waals surface area contributed by atoms with Crippen LogP contribution in [0, 0.1) is 12.8 Å². The number of nitrogens with zero attached hydrogens (tertiary/aromatic N) is 1. The maximum absolute atomic E-state index is 12.6. The molecule has 5 heteroatoms. The Morgan fingerprint density at radius 3 is 2.70 bits per heavy atom. The number of benzene rings is 2. The van der Waals surface area contributed by atoms with Crippen molar-refractivity contribution in [2.45, 2.75) is 33.7 Å². The number of carbonyl (C=O) groups is 2. The molecular formula is C22H25NO4. The molecule has 0 saturated heterocycles. The third-order valence-electron chi connectivity index (χ3n) is 5.10. The number of rotatable bonds is 4. The molecule has 0 aliphatic carbocycles. The molecule has 1 N–H and O–H groups in total. The van der Waals surface area contributed by atoms with E-state index < -0.39 is 0 Å². The van der Waals surface area contributed by atoms with E-state index in [1.165, 1.54) is 6.92 Å². The highest BCUT2D eigenvalue weighted by Gasteiger charge is 2.25. The van der Waals surface area contributed by atoms with E-state index in [-0.39, 0.29) is 29.8 Å². The predicted molar refractivity (Wildman–Crippen MR) is 104 cm³/mol. The zero-order valence-electron chi connectivity index (χ0n) is 16.0. The minimum absolute atomic E-state index is 0.00862. The molecule has 1 atom stereocenters. The summed E-state index contributed by atoms with van der Waals surface area (Å²) in [6, 6.07) is 11.6. The number of phenols is 1. The monoisotopic (exact) mass is 367 g/mol. The van der Waals surface area contributed by atoms with Gasteiger partial charge in [0.2, 0.25) is 5.91 Å². The minimum atomic E-state index is -0.298. The molecule has 1 aliphatic rings. The number of ketones is 1. The van der Waals surface area contributed by atoms with E-state index in [0.29, 0.717) is 25.4 Å². The fourth-order valence-electron chi connectivity index (χ4n) is 3.30. The van der Waals surface area contributed by atoms with E-state index in [9.17, 15) is 14.7 Å². The molecule has 2 aromatic carbocycles. The molecule has 1 amide bonds. The highest BCUT2D eigenvalue weighted by molar-refractivity contribution is 5.85. The summed E-state index contributed by atoms with van der Waals surface area (Å²) >= 11 is 0. The van der Waals surface area contributed by atoms with Crippen molar-refractivity contribution in [3.05, 3.63) is 47.5 Å². The minimum Gasteiger partial charge on any atom is -0.504 e. The summed E-state index contributed by atoms with van der Waals surface area (Å²) in [5.41, 5.74) is 3.80. The fourth-order valence-corrected chi connectivity index (χ4v) is 3.30. The molecule has 142 valence electrons. The van der Waals surface area contributed by atoms with E-state index in [4.69, 9.17) is 4.74 Å². The predicted octanol–water partition coefficient (Wildman–Crippen LogP) is 3.70. The topological polar surface area (TPSA) is 66.8 Å². The van der Waals surface area contributed by atoms with Crippen LogP contribution in [0.1, 0.15) is 31.4 Å². The number of aryl methyl sites for hydroxylation is 1. The Bertz CT molecular complexity index is 875. The average Bonchev–Trinajstić information content (AvgIpc) is 2.84. The molecule has 0 radical (unpaired) electrons. The van der Waals surface area contributed by atoms with Gasteiger partial charge in [0.05, 0.1) is 6.54 Å². The molecule has 0 aromatic heterocycles. The van der Waals surface area contributed by atoms with Crippen LogP contribution in [-0.4, -0.2) is 34.8 Å².